The van der Waals surface area contributed by atoms with E-state index in [0.29, 0.717) is 13.0 Å². The van der Waals surface area contributed by atoms with Crippen molar-refractivity contribution in [1.82, 2.24) is 15.2 Å². The van der Waals surface area contributed by atoms with Crippen molar-refractivity contribution in [3.05, 3.63) is 35.0 Å². The second-order valence-electron chi connectivity index (χ2n) is 5.61. The average molecular weight is 273 g/mol. The van der Waals surface area contributed by atoms with Crippen molar-refractivity contribution in [3.8, 4) is 0 Å². The van der Waals surface area contributed by atoms with Gasteiger partial charge in [0.15, 0.2) is 0 Å². The van der Waals surface area contributed by atoms with Gasteiger partial charge in [0.25, 0.3) is 0 Å². The number of hydrogen-bond donors (Lipinski definition) is 2. The first-order valence-electron chi connectivity index (χ1n) is 6.96. The quantitative estimate of drug-likeness (QED) is 0.875. The van der Waals surface area contributed by atoms with E-state index in [4.69, 9.17) is 0 Å². The van der Waals surface area contributed by atoms with Crippen molar-refractivity contribution in [3.63, 3.8) is 0 Å². The van der Waals surface area contributed by atoms with E-state index < -0.39 is 0 Å². The number of nitrogens with one attached hydrogen (secondary N) is 2. The molecule has 0 aliphatic heterocycles. The van der Waals surface area contributed by atoms with Gasteiger partial charge in [-0.05, 0) is 45.6 Å². The normalized spacial score (nSPS) is 11.2. The van der Waals surface area contributed by atoms with Gasteiger partial charge in [-0.2, -0.15) is 0 Å². The zero-order valence-corrected chi connectivity index (χ0v) is 12.7. The van der Waals surface area contributed by atoms with Crippen molar-refractivity contribution in [2.24, 2.45) is 0 Å². The Morgan fingerprint density at radius 1 is 1.30 bits per heavy atom. The number of aromatic nitrogens is 1. The molecule has 2 N–H and O–H groups in total. The predicted molar refractivity (Wildman–Crippen MR) is 83.0 cm³/mol. The largest absolute Gasteiger partial charge is 0.358 e. The van der Waals surface area contributed by atoms with Crippen LogP contribution in [0.1, 0.15) is 16.8 Å². The van der Waals surface area contributed by atoms with Gasteiger partial charge in [0.2, 0.25) is 5.91 Å². The maximum atomic E-state index is 12.0. The summed E-state index contributed by atoms with van der Waals surface area (Å²) in [6.07, 6.45) is 0.433. The van der Waals surface area contributed by atoms with Gasteiger partial charge in [-0.1, -0.05) is 11.6 Å². The zero-order chi connectivity index (χ0) is 14.7. The van der Waals surface area contributed by atoms with E-state index in [1.54, 1.807) is 0 Å². The summed E-state index contributed by atoms with van der Waals surface area (Å²) in [6, 6.07) is 6.30. The average Bonchev–Trinajstić information content (AvgIpc) is 2.65. The summed E-state index contributed by atoms with van der Waals surface area (Å²) in [7, 11) is 4.00. The summed E-state index contributed by atoms with van der Waals surface area (Å²) in [5, 5.41) is 4.12. The van der Waals surface area contributed by atoms with Crippen LogP contribution in [0.4, 0.5) is 0 Å². The summed E-state index contributed by atoms with van der Waals surface area (Å²) in [4.78, 5) is 17.4. The van der Waals surface area contributed by atoms with Gasteiger partial charge in [-0.15, -0.1) is 0 Å². The Hall–Kier alpha value is -1.81. The first-order valence-corrected chi connectivity index (χ1v) is 6.96. The third kappa shape index (κ3) is 3.39. The maximum Gasteiger partial charge on any atom is 0.224 e. The number of fused-ring (bicyclic) bond motifs is 1. The molecule has 0 aliphatic rings. The predicted octanol–water partition coefficient (Wildman–Crippen LogP) is 2.01. The van der Waals surface area contributed by atoms with E-state index >= 15 is 0 Å². The first kappa shape index (κ1) is 14.6. The fourth-order valence-corrected chi connectivity index (χ4v) is 2.37. The van der Waals surface area contributed by atoms with Crippen molar-refractivity contribution >= 4 is 16.8 Å². The highest BCUT2D eigenvalue weighted by Gasteiger charge is 2.12. The Bertz CT molecular complexity index is 613. The molecule has 1 aromatic carbocycles. The van der Waals surface area contributed by atoms with Crippen molar-refractivity contribution in [2.75, 3.05) is 27.2 Å². The fourth-order valence-electron chi connectivity index (χ4n) is 2.37. The molecule has 0 fully saturated rings. The number of amides is 1. The minimum absolute atomic E-state index is 0.0809. The minimum atomic E-state index is 0.0809. The lowest BCUT2D eigenvalue weighted by atomic mass is 10.1. The number of nitrogens with zero attached hydrogens (tertiary/aromatic N) is 1. The van der Waals surface area contributed by atoms with Crippen molar-refractivity contribution < 1.29 is 4.79 Å². The third-order valence-corrected chi connectivity index (χ3v) is 3.49. The van der Waals surface area contributed by atoms with Crippen LogP contribution in [0.15, 0.2) is 18.2 Å². The van der Waals surface area contributed by atoms with Crippen LogP contribution in [0.2, 0.25) is 0 Å². The summed E-state index contributed by atoms with van der Waals surface area (Å²) >= 11 is 0. The summed E-state index contributed by atoms with van der Waals surface area (Å²) < 4.78 is 0. The van der Waals surface area contributed by atoms with E-state index in [0.717, 1.165) is 28.7 Å². The molecule has 4 nitrogen and oxygen atoms in total. The van der Waals surface area contributed by atoms with E-state index in [1.807, 2.05) is 21.0 Å². The molecule has 20 heavy (non-hydrogen) atoms. The number of benzene rings is 1. The second kappa shape index (κ2) is 6.09. The molecule has 0 spiro atoms. The molecule has 1 amide bonds. The Morgan fingerprint density at radius 2 is 2.05 bits per heavy atom. The molecule has 0 aliphatic carbocycles. The molecule has 0 atom stereocenters. The van der Waals surface area contributed by atoms with Gasteiger partial charge in [0, 0.05) is 29.7 Å². The Kier molecular flexibility index (Phi) is 4.45. The zero-order valence-electron chi connectivity index (χ0n) is 12.7. The topological polar surface area (TPSA) is 48.1 Å². The smallest absolute Gasteiger partial charge is 0.224 e. The van der Waals surface area contributed by atoms with Crippen LogP contribution in [-0.2, 0) is 11.2 Å². The molecule has 4 heteroatoms. The molecule has 1 heterocycles. The number of rotatable bonds is 5. The lowest BCUT2D eigenvalue weighted by Crippen LogP contribution is -2.32. The van der Waals surface area contributed by atoms with Crippen LogP contribution in [0.25, 0.3) is 10.9 Å². The monoisotopic (exact) mass is 273 g/mol. The fraction of sp³-hybridized carbons (Fsp3) is 0.438. The standard InChI is InChI=1S/C16H23N3O/c1-11-5-6-15-14(9-11)13(12(2)18-15)10-16(20)17-7-8-19(3)4/h5-6,9,18H,7-8,10H2,1-4H3,(H,17,20). The SMILES string of the molecule is Cc1ccc2[nH]c(C)c(CC(=O)NCCN(C)C)c2c1. The molecule has 1 aromatic heterocycles. The Balaban J connectivity index is 2.11. The van der Waals surface area contributed by atoms with Gasteiger partial charge < -0.3 is 15.2 Å². The van der Waals surface area contributed by atoms with Crippen molar-refractivity contribution in [1.29, 1.82) is 0 Å². The highest BCUT2D eigenvalue weighted by Crippen LogP contribution is 2.23. The molecule has 108 valence electrons. The number of aromatic amines is 1. The number of carbonyl (C=O) groups excluding carboxylic acids is 1. The van der Waals surface area contributed by atoms with E-state index in [9.17, 15) is 4.79 Å². The summed E-state index contributed by atoms with van der Waals surface area (Å²) in [5.41, 5.74) is 4.49. The number of likely N-dealkylation sites (N-methyl/N-ethyl adjacent to an activating group) is 1. The molecule has 0 unspecified atom stereocenters. The van der Waals surface area contributed by atoms with Crippen LogP contribution in [0.3, 0.4) is 0 Å². The van der Waals surface area contributed by atoms with Gasteiger partial charge in [-0.25, -0.2) is 0 Å². The van der Waals surface area contributed by atoms with Gasteiger partial charge >= 0.3 is 0 Å². The van der Waals surface area contributed by atoms with E-state index in [2.05, 4.69) is 40.3 Å². The number of hydrogen-bond acceptors (Lipinski definition) is 2. The van der Waals surface area contributed by atoms with Gasteiger partial charge in [0.1, 0.15) is 0 Å². The number of H-pyrrole nitrogens is 1. The molecule has 0 saturated carbocycles. The van der Waals surface area contributed by atoms with Crippen LogP contribution >= 0.6 is 0 Å². The lowest BCUT2D eigenvalue weighted by Gasteiger charge is -2.10. The van der Waals surface area contributed by atoms with Crippen LogP contribution in [0.5, 0.6) is 0 Å². The highest BCUT2D eigenvalue weighted by atomic mass is 16.1. The third-order valence-electron chi connectivity index (χ3n) is 3.49. The molecule has 2 aromatic rings. The molecule has 0 saturated heterocycles. The molecule has 2 rings (SSSR count). The minimum Gasteiger partial charge on any atom is -0.358 e. The molecular formula is C16H23N3O. The van der Waals surface area contributed by atoms with Crippen LogP contribution < -0.4 is 5.32 Å². The molecular weight excluding hydrogens is 250 g/mol. The lowest BCUT2D eigenvalue weighted by molar-refractivity contribution is -0.120. The van der Waals surface area contributed by atoms with Crippen molar-refractivity contribution in [2.45, 2.75) is 20.3 Å². The molecule has 0 bridgehead atoms. The second-order valence-corrected chi connectivity index (χ2v) is 5.61. The Morgan fingerprint density at radius 3 is 2.75 bits per heavy atom. The van der Waals surface area contributed by atoms with Gasteiger partial charge in [-0.3, -0.25) is 4.79 Å². The van der Waals surface area contributed by atoms with E-state index in [1.165, 1.54) is 5.56 Å². The summed E-state index contributed by atoms with van der Waals surface area (Å²) in [5.74, 6) is 0.0809. The highest BCUT2D eigenvalue weighted by molar-refractivity contribution is 5.90. The Labute approximate surface area is 120 Å². The van der Waals surface area contributed by atoms with Crippen LogP contribution in [-0.4, -0.2) is 43.0 Å². The number of carbonyl (C=O) groups is 1. The number of aryl methyl sites for hydroxylation is 2. The van der Waals surface area contributed by atoms with E-state index in [-0.39, 0.29) is 5.91 Å². The van der Waals surface area contributed by atoms with Crippen LogP contribution in [0, 0.1) is 13.8 Å². The first-order chi connectivity index (χ1) is 9.47. The molecule has 0 radical (unpaired) electrons. The maximum absolute atomic E-state index is 12.0. The summed E-state index contributed by atoms with van der Waals surface area (Å²) in [6.45, 7) is 5.64. The van der Waals surface area contributed by atoms with Gasteiger partial charge in [0.05, 0.1) is 6.42 Å².